The first kappa shape index (κ1) is 14.1. The number of nitrogens with two attached hydrogens (primary N) is 1. The lowest BCUT2D eigenvalue weighted by Gasteiger charge is -2.17. The Morgan fingerprint density at radius 2 is 2.16 bits per heavy atom. The van der Waals surface area contributed by atoms with E-state index in [2.05, 4.69) is 15.9 Å². The number of carbonyl (C=O) groups is 1. The van der Waals surface area contributed by atoms with Gasteiger partial charge >= 0.3 is 5.97 Å². The molecule has 0 radical (unpaired) electrons. The highest BCUT2D eigenvalue weighted by molar-refractivity contribution is 9.10. The number of hydrogen-bond donors (Lipinski definition) is 2. The Bertz CT molecular complexity index is 478. The van der Waals surface area contributed by atoms with Crippen molar-refractivity contribution < 1.29 is 19.4 Å². The van der Waals surface area contributed by atoms with E-state index in [1.165, 1.54) is 0 Å². The van der Waals surface area contributed by atoms with Gasteiger partial charge in [-0.1, -0.05) is 6.07 Å². The number of fused-ring (bicyclic) bond motifs is 1. The molecule has 0 fully saturated rings. The number of carboxylic acids is 1. The summed E-state index contributed by atoms with van der Waals surface area (Å²) < 4.78 is 12.0. The summed E-state index contributed by atoms with van der Waals surface area (Å²) in [6, 6.07) is 3.33. The van der Waals surface area contributed by atoms with E-state index in [-0.39, 0.29) is 12.5 Å². The van der Waals surface area contributed by atoms with Gasteiger partial charge in [-0.05, 0) is 34.0 Å². The molecule has 0 amide bonds. The molecular weight excluding hydrogens is 314 g/mol. The van der Waals surface area contributed by atoms with E-state index in [0.29, 0.717) is 31.1 Å². The van der Waals surface area contributed by atoms with Gasteiger partial charge in [0.15, 0.2) is 11.5 Å². The number of aliphatic carboxylic acids is 1. The predicted molar refractivity (Wildman–Crippen MR) is 73.5 cm³/mol. The standard InChI is InChI=1S/C13H16BrNO4/c14-12-8(9(15)3-5-11(16)17)2-4-10-13(12)19-7-1-6-18-10/h2,4,9H,1,3,5-7,15H2,(H,16,17). The van der Waals surface area contributed by atoms with Crippen LogP contribution in [-0.2, 0) is 4.79 Å². The molecule has 0 bridgehead atoms. The van der Waals surface area contributed by atoms with Crippen molar-refractivity contribution in [3.05, 3.63) is 22.2 Å². The molecule has 3 N–H and O–H groups in total. The first-order chi connectivity index (χ1) is 9.09. The van der Waals surface area contributed by atoms with Crippen LogP contribution in [0.5, 0.6) is 11.5 Å². The van der Waals surface area contributed by atoms with Gasteiger partial charge in [-0.25, -0.2) is 0 Å². The summed E-state index contributed by atoms with van der Waals surface area (Å²) in [5.41, 5.74) is 6.87. The molecule has 2 rings (SSSR count). The van der Waals surface area contributed by atoms with Crippen LogP contribution in [0.2, 0.25) is 0 Å². The highest BCUT2D eigenvalue weighted by Gasteiger charge is 2.20. The average Bonchev–Trinajstić information content (AvgIpc) is 2.62. The molecule has 19 heavy (non-hydrogen) atoms. The van der Waals surface area contributed by atoms with Gasteiger partial charge in [0.1, 0.15) is 0 Å². The Balaban J connectivity index is 2.22. The third-order valence-corrected chi connectivity index (χ3v) is 3.77. The normalized spacial score (nSPS) is 15.7. The zero-order chi connectivity index (χ0) is 13.8. The first-order valence-corrected chi connectivity index (χ1v) is 6.94. The van der Waals surface area contributed by atoms with Gasteiger partial charge in [-0.2, -0.15) is 0 Å². The van der Waals surface area contributed by atoms with Crippen molar-refractivity contribution in [2.45, 2.75) is 25.3 Å². The predicted octanol–water partition coefficient (Wildman–Crippen LogP) is 2.48. The van der Waals surface area contributed by atoms with Crippen LogP contribution in [-0.4, -0.2) is 24.3 Å². The molecular formula is C13H16BrNO4. The minimum atomic E-state index is -0.846. The van der Waals surface area contributed by atoms with Gasteiger partial charge in [0.25, 0.3) is 0 Å². The van der Waals surface area contributed by atoms with Crippen LogP contribution in [0, 0.1) is 0 Å². The van der Waals surface area contributed by atoms with Crippen molar-refractivity contribution >= 4 is 21.9 Å². The molecule has 1 heterocycles. The maximum Gasteiger partial charge on any atom is 0.303 e. The molecule has 1 aliphatic heterocycles. The van der Waals surface area contributed by atoms with Gasteiger partial charge in [0, 0.05) is 18.9 Å². The number of hydrogen-bond acceptors (Lipinski definition) is 4. The topological polar surface area (TPSA) is 81.8 Å². The Kier molecular flexibility index (Phi) is 4.66. The Morgan fingerprint density at radius 3 is 2.89 bits per heavy atom. The molecule has 104 valence electrons. The zero-order valence-corrected chi connectivity index (χ0v) is 12.0. The lowest BCUT2D eigenvalue weighted by Crippen LogP contribution is -2.13. The number of carboxylic acid groups (broad SMARTS) is 1. The van der Waals surface area contributed by atoms with E-state index in [1.807, 2.05) is 12.1 Å². The van der Waals surface area contributed by atoms with Crippen LogP contribution in [0.1, 0.15) is 30.9 Å². The number of benzene rings is 1. The lowest BCUT2D eigenvalue weighted by molar-refractivity contribution is -0.137. The summed E-state index contributed by atoms with van der Waals surface area (Å²) in [4.78, 5) is 10.6. The van der Waals surface area contributed by atoms with Crippen molar-refractivity contribution in [2.75, 3.05) is 13.2 Å². The fourth-order valence-electron chi connectivity index (χ4n) is 1.94. The van der Waals surface area contributed by atoms with Crippen LogP contribution < -0.4 is 15.2 Å². The molecule has 1 atom stereocenters. The third kappa shape index (κ3) is 3.39. The van der Waals surface area contributed by atoms with E-state index in [1.54, 1.807) is 0 Å². The minimum absolute atomic E-state index is 0.0437. The Labute approximate surface area is 119 Å². The Hall–Kier alpha value is -1.27. The van der Waals surface area contributed by atoms with Crippen LogP contribution >= 0.6 is 15.9 Å². The Morgan fingerprint density at radius 1 is 1.42 bits per heavy atom. The number of halogens is 1. The van der Waals surface area contributed by atoms with Crippen molar-refractivity contribution in [3.63, 3.8) is 0 Å². The van der Waals surface area contributed by atoms with Gasteiger partial charge in [0.2, 0.25) is 0 Å². The van der Waals surface area contributed by atoms with Gasteiger partial charge in [-0.15, -0.1) is 0 Å². The van der Waals surface area contributed by atoms with Crippen molar-refractivity contribution in [1.82, 2.24) is 0 Å². The minimum Gasteiger partial charge on any atom is -0.490 e. The second-order valence-electron chi connectivity index (χ2n) is 4.39. The number of rotatable bonds is 4. The zero-order valence-electron chi connectivity index (χ0n) is 10.4. The van der Waals surface area contributed by atoms with Crippen LogP contribution in [0.25, 0.3) is 0 Å². The van der Waals surface area contributed by atoms with Gasteiger partial charge in [0.05, 0.1) is 17.7 Å². The summed E-state index contributed by atoms with van der Waals surface area (Å²) in [6.07, 6.45) is 1.26. The van der Waals surface area contributed by atoms with Crippen molar-refractivity contribution in [2.24, 2.45) is 5.73 Å². The smallest absolute Gasteiger partial charge is 0.303 e. The second kappa shape index (κ2) is 6.25. The lowest BCUT2D eigenvalue weighted by atomic mass is 10.0. The SMILES string of the molecule is NC(CCC(=O)O)c1ccc2c(c1Br)OCCCO2. The van der Waals surface area contributed by atoms with Crippen LogP contribution in [0.3, 0.4) is 0 Å². The van der Waals surface area contributed by atoms with Gasteiger partial charge in [-0.3, -0.25) is 4.79 Å². The first-order valence-electron chi connectivity index (χ1n) is 6.15. The average molecular weight is 330 g/mol. The van der Waals surface area contributed by atoms with E-state index in [9.17, 15) is 4.79 Å². The van der Waals surface area contributed by atoms with Crippen LogP contribution in [0.4, 0.5) is 0 Å². The molecule has 0 spiro atoms. The molecule has 1 aromatic carbocycles. The quantitative estimate of drug-likeness (QED) is 0.886. The fourth-order valence-corrected chi connectivity index (χ4v) is 2.67. The van der Waals surface area contributed by atoms with E-state index < -0.39 is 5.97 Å². The summed E-state index contributed by atoms with van der Waals surface area (Å²) in [5.74, 6) is 0.500. The summed E-state index contributed by atoms with van der Waals surface area (Å²) in [7, 11) is 0. The molecule has 5 nitrogen and oxygen atoms in total. The van der Waals surface area contributed by atoms with Crippen molar-refractivity contribution in [3.8, 4) is 11.5 Å². The van der Waals surface area contributed by atoms with Crippen LogP contribution in [0.15, 0.2) is 16.6 Å². The maximum atomic E-state index is 10.6. The molecule has 0 aliphatic carbocycles. The largest absolute Gasteiger partial charge is 0.490 e. The monoisotopic (exact) mass is 329 g/mol. The fraction of sp³-hybridized carbons (Fsp3) is 0.462. The third-order valence-electron chi connectivity index (χ3n) is 2.95. The molecule has 1 aromatic rings. The molecule has 1 unspecified atom stereocenters. The molecule has 0 saturated heterocycles. The van der Waals surface area contributed by atoms with E-state index >= 15 is 0 Å². The van der Waals surface area contributed by atoms with E-state index in [0.717, 1.165) is 16.5 Å². The number of ether oxygens (including phenoxy) is 2. The van der Waals surface area contributed by atoms with E-state index in [4.69, 9.17) is 20.3 Å². The maximum absolute atomic E-state index is 10.6. The van der Waals surface area contributed by atoms with Crippen molar-refractivity contribution in [1.29, 1.82) is 0 Å². The molecule has 6 heteroatoms. The van der Waals surface area contributed by atoms with Gasteiger partial charge < -0.3 is 20.3 Å². The summed E-state index contributed by atoms with van der Waals surface area (Å²) in [6.45, 7) is 1.23. The molecule has 0 aromatic heterocycles. The summed E-state index contributed by atoms with van der Waals surface area (Å²) >= 11 is 3.48. The highest BCUT2D eigenvalue weighted by atomic mass is 79.9. The second-order valence-corrected chi connectivity index (χ2v) is 5.18. The molecule has 0 saturated carbocycles. The molecule has 1 aliphatic rings. The highest BCUT2D eigenvalue weighted by Crippen LogP contribution is 2.41. The summed E-state index contributed by atoms with van der Waals surface area (Å²) in [5, 5.41) is 8.70.